The van der Waals surface area contributed by atoms with Crippen LogP contribution in [-0.4, -0.2) is 41.3 Å². The lowest BCUT2D eigenvalue weighted by Crippen LogP contribution is -2.40. The van der Waals surface area contributed by atoms with Crippen LogP contribution in [0.1, 0.15) is 22.3 Å². The first kappa shape index (κ1) is 25.8. The van der Waals surface area contributed by atoms with E-state index >= 15 is 0 Å². The minimum atomic E-state index is -4.01. The van der Waals surface area contributed by atoms with E-state index in [0.29, 0.717) is 22.7 Å². The molecule has 0 saturated heterocycles. The summed E-state index contributed by atoms with van der Waals surface area (Å²) in [4.78, 5) is 12.9. The summed E-state index contributed by atoms with van der Waals surface area (Å²) in [6, 6.07) is 17.1. The predicted molar refractivity (Wildman–Crippen MR) is 137 cm³/mol. The molecule has 0 radical (unpaired) electrons. The Morgan fingerprint density at radius 1 is 0.914 bits per heavy atom. The SMILES string of the molecule is COc1ccc(/C=N\NC(=O)CN(c2ccc(C)cc2C)S(=O)(=O)c2ccc(C)cc2)cc1OC. The molecular formula is C26H29N3O5S. The molecule has 184 valence electrons. The number of nitrogens with zero attached hydrogens (tertiary/aromatic N) is 2. The smallest absolute Gasteiger partial charge is 0.264 e. The van der Waals surface area contributed by atoms with Gasteiger partial charge in [-0.15, -0.1) is 0 Å². The zero-order valence-electron chi connectivity index (χ0n) is 20.4. The van der Waals surface area contributed by atoms with Gasteiger partial charge in [0.15, 0.2) is 11.5 Å². The number of methoxy groups -OCH3 is 2. The van der Waals surface area contributed by atoms with Crippen LogP contribution in [0.5, 0.6) is 11.5 Å². The largest absolute Gasteiger partial charge is 0.493 e. The summed E-state index contributed by atoms with van der Waals surface area (Å²) in [5.74, 6) is 0.504. The van der Waals surface area contributed by atoms with Crippen molar-refractivity contribution in [3.63, 3.8) is 0 Å². The second-order valence-electron chi connectivity index (χ2n) is 8.02. The summed E-state index contributed by atoms with van der Waals surface area (Å²) in [7, 11) is -0.941. The van der Waals surface area contributed by atoms with Gasteiger partial charge in [0, 0.05) is 0 Å². The molecule has 0 atom stereocenters. The number of carbonyl (C=O) groups is 1. The Morgan fingerprint density at radius 2 is 1.57 bits per heavy atom. The summed E-state index contributed by atoms with van der Waals surface area (Å²) in [5.41, 5.74) is 6.17. The first-order valence-electron chi connectivity index (χ1n) is 10.9. The van der Waals surface area contributed by atoms with Crippen LogP contribution in [0, 0.1) is 20.8 Å². The van der Waals surface area contributed by atoms with Crippen molar-refractivity contribution < 1.29 is 22.7 Å². The van der Waals surface area contributed by atoms with Gasteiger partial charge in [0.2, 0.25) is 0 Å². The van der Waals surface area contributed by atoms with Crippen LogP contribution in [0.3, 0.4) is 0 Å². The summed E-state index contributed by atoms with van der Waals surface area (Å²) >= 11 is 0. The number of rotatable bonds is 9. The molecule has 0 bridgehead atoms. The molecule has 0 heterocycles. The number of benzene rings is 3. The molecule has 0 unspecified atom stereocenters. The number of anilines is 1. The number of nitrogens with one attached hydrogen (secondary N) is 1. The normalized spacial score (nSPS) is 11.3. The number of carbonyl (C=O) groups excluding carboxylic acids is 1. The van der Waals surface area contributed by atoms with Gasteiger partial charge in [-0.25, -0.2) is 13.8 Å². The van der Waals surface area contributed by atoms with Crippen molar-refractivity contribution >= 4 is 27.8 Å². The quantitative estimate of drug-likeness (QED) is 0.358. The van der Waals surface area contributed by atoms with Gasteiger partial charge in [-0.3, -0.25) is 9.10 Å². The summed E-state index contributed by atoms with van der Waals surface area (Å²) < 4.78 is 38.6. The first-order valence-corrected chi connectivity index (χ1v) is 12.3. The Balaban J connectivity index is 1.85. The summed E-state index contributed by atoms with van der Waals surface area (Å²) in [6.45, 7) is 5.17. The van der Waals surface area contributed by atoms with Gasteiger partial charge in [0.1, 0.15) is 6.54 Å². The van der Waals surface area contributed by atoms with Crippen molar-refractivity contribution in [3.8, 4) is 11.5 Å². The van der Waals surface area contributed by atoms with Gasteiger partial charge in [0.05, 0.1) is 31.0 Å². The third-order valence-corrected chi connectivity index (χ3v) is 7.10. The van der Waals surface area contributed by atoms with Crippen LogP contribution < -0.4 is 19.2 Å². The van der Waals surface area contributed by atoms with Crippen molar-refractivity contribution in [1.82, 2.24) is 5.43 Å². The van der Waals surface area contributed by atoms with Gasteiger partial charge in [-0.05, 0) is 68.3 Å². The van der Waals surface area contributed by atoms with Gasteiger partial charge in [0.25, 0.3) is 15.9 Å². The van der Waals surface area contributed by atoms with Crippen molar-refractivity contribution in [2.24, 2.45) is 5.10 Å². The number of aryl methyl sites for hydroxylation is 3. The average molecular weight is 496 g/mol. The highest BCUT2D eigenvalue weighted by molar-refractivity contribution is 7.92. The lowest BCUT2D eigenvalue weighted by molar-refractivity contribution is -0.119. The van der Waals surface area contributed by atoms with E-state index in [0.717, 1.165) is 21.0 Å². The molecule has 0 aliphatic heterocycles. The molecule has 9 heteroatoms. The molecular weight excluding hydrogens is 466 g/mol. The Bertz CT molecular complexity index is 1340. The number of hydrazone groups is 1. The third-order valence-electron chi connectivity index (χ3n) is 5.33. The van der Waals surface area contributed by atoms with Crippen molar-refractivity contribution in [2.75, 3.05) is 25.1 Å². The van der Waals surface area contributed by atoms with Crippen LogP contribution in [0.15, 0.2) is 70.7 Å². The zero-order valence-corrected chi connectivity index (χ0v) is 21.2. The monoisotopic (exact) mass is 495 g/mol. The number of hydrogen-bond acceptors (Lipinski definition) is 6. The number of hydrogen-bond donors (Lipinski definition) is 1. The van der Waals surface area contributed by atoms with Gasteiger partial charge >= 0.3 is 0 Å². The fourth-order valence-corrected chi connectivity index (χ4v) is 4.99. The van der Waals surface area contributed by atoms with E-state index in [1.807, 2.05) is 32.9 Å². The van der Waals surface area contributed by atoms with Crippen molar-refractivity contribution in [1.29, 1.82) is 0 Å². The minimum absolute atomic E-state index is 0.102. The summed E-state index contributed by atoms with van der Waals surface area (Å²) in [5, 5.41) is 3.98. The molecule has 0 spiro atoms. The molecule has 0 aliphatic carbocycles. The highest BCUT2D eigenvalue weighted by Gasteiger charge is 2.28. The second kappa shape index (κ2) is 11.1. The molecule has 3 aromatic rings. The van der Waals surface area contributed by atoms with Crippen LogP contribution in [0.4, 0.5) is 5.69 Å². The molecule has 35 heavy (non-hydrogen) atoms. The van der Waals surface area contributed by atoms with E-state index in [4.69, 9.17) is 9.47 Å². The molecule has 3 aromatic carbocycles. The molecule has 8 nitrogen and oxygen atoms in total. The Hall–Kier alpha value is -3.85. The maximum absolute atomic E-state index is 13.5. The maximum Gasteiger partial charge on any atom is 0.264 e. The molecule has 0 aliphatic rings. The molecule has 0 fully saturated rings. The van der Waals surface area contributed by atoms with Crippen molar-refractivity contribution in [3.05, 3.63) is 82.9 Å². The lowest BCUT2D eigenvalue weighted by atomic mass is 10.1. The topological polar surface area (TPSA) is 97.3 Å². The number of amides is 1. The molecule has 0 aromatic heterocycles. The summed E-state index contributed by atoms with van der Waals surface area (Å²) in [6.07, 6.45) is 1.44. The average Bonchev–Trinajstić information content (AvgIpc) is 2.83. The van der Waals surface area contributed by atoms with Crippen LogP contribution in [0.25, 0.3) is 0 Å². The van der Waals surface area contributed by atoms with Crippen LogP contribution in [0.2, 0.25) is 0 Å². The standard InChI is InChI=1S/C26H29N3O5S/c1-18-6-10-22(11-7-18)35(31,32)29(23-12-8-19(2)14-20(23)3)17-26(30)28-27-16-21-9-13-24(33-4)25(15-21)34-5/h6-16H,17H2,1-5H3,(H,28,30)/b27-16-. The van der Waals surface area contributed by atoms with E-state index in [1.54, 1.807) is 36.4 Å². The molecule has 0 saturated carbocycles. The second-order valence-corrected chi connectivity index (χ2v) is 9.88. The van der Waals surface area contributed by atoms with Gasteiger partial charge in [-0.2, -0.15) is 5.10 Å². The van der Waals surface area contributed by atoms with Gasteiger partial charge in [-0.1, -0.05) is 35.4 Å². The number of ether oxygens (including phenoxy) is 2. The van der Waals surface area contributed by atoms with E-state index in [-0.39, 0.29) is 4.90 Å². The Kier molecular flexibility index (Phi) is 8.14. The van der Waals surface area contributed by atoms with Crippen molar-refractivity contribution in [2.45, 2.75) is 25.7 Å². The molecule has 1 N–H and O–H groups in total. The maximum atomic E-state index is 13.5. The minimum Gasteiger partial charge on any atom is -0.493 e. The Labute approximate surface area is 206 Å². The van der Waals surface area contributed by atoms with E-state index in [1.165, 1.54) is 32.6 Å². The van der Waals surface area contributed by atoms with E-state index < -0.39 is 22.5 Å². The number of sulfonamides is 1. The highest BCUT2D eigenvalue weighted by Crippen LogP contribution is 2.28. The molecule has 3 rings (SSSR count). The highest BCUT2D eigenvalue weighted by atomic mass is 32.2. The lowest BCUT2D eigenvalue weighted by Gasteiger charge is -2.25. The predicted octanol–water partition coefficient (Wildman–Crippen LogP) is 3.97. The molecule has 1 amide bonds. The fraction of sp³-hybridized carbons (Fsp3) is 0.231. The van der Waals surface area contributed by atoms with E-state index in [9.17, 15) is 13.2 Å². The van der Waals surface area contributed by atoms with Crippen LogP contribution in [-0.2, 0) is 14.8 Å². The third kappa shape index (κ3) is 6.19. The Morgan fingerprint density at radius 3 is 2.20 bits per heavy atom. The zero-order chi connectivity index (χ0) is 25.6. The fourth-order valence-electron chi connectivity index (χ4n) is 3.50. The van der Waals surface area contributed by atoms with Gasteiger partial charge < -0.3 is 9.47 Å². The van der Waals surface area contributed by atoms with E-state index in [2.05, 4.69) is 10.5 Å². The van der Waals surface area contributed by atoms with Crippen LogP contribution >= 0.6 is 0 Å². The first-order chi connectivity index (χ1) is 16.6.